The minimum Gasteiger partial charge on any atom is -0.355 e. The number of hydrogen-bond acceptors (Lipinski definition) is 2. The smallest absolute Gasteiger partial charge is 0.226 e. The minimum absolute atomic E-state index is 0.0226. The van der Waals surface area contributed by atoms with Gasteiger partial charge < -0.3 is 10.2 Å². The van der Waals surface area contributed by atoms with Gasteiger partial charge in [-0.1, -0.05) is 36.4 Å². The van der Waals surface area contributed by atoms with Gasteiger partial charge in [-0.25, -0.2) is 0 Å². The molecule has 4 rings (SSSR count). The van der Waals surface area contributed by atoms with Crippen molar-refractivity contribution < 1.29 is 9.59 Å². The van der Waals surface area contributed by atoms with E-state index in [1.54, 1.807) is 0 Å². The van der Waals surface area contributed by atoms with Gasteiger partial charge in [0.15, 0.2) is 0 Å². The summed E-state index contributed by atoms with van der Waals surface area (Å²) in [6.45, 7) is 1.55. The summed E-state index contributed by atoms with van der Waals surface area (Å²) in [6, 6.07) is 10.1. The van der Waals surface area contributed by atoms with Crippen LogP contribution in [0, 0.1) is 11.3 Å². The average molecular weight is 352 g/mol. The molecular formula is C22H28N2O2. The quantitative estimate of drug-likeness (QED) is 0.817. The zero-order chi connectivity index (χ0) is 18.0. The monoisotopic (exact) mass is 352 g/mol. The van der Waals surface area contributed by atoms with Gasteiger partial charge in [0, 0.05) is 37.0 Å². The molecule has 1 aliphatic heterocycles. The van der Waals surface area contributed by atoms with Crippen molar-refractivity contribution in [2.75, 3.05) is 13.1 Å². The maximum atomic E-state index is 12.4. The van der Waals surface area contributed by atoms with Gasteiger partial charge in [0.2, 0.25) is 11.8 Å². The van der Waals surface area contributed by atoms with Crippen LogP contribution in [0.1, 0.15) is 50.5 Å². The Bertz CT molecular complexity index is 708. The second kappa shape index (κ2) is 7.26. The van der Waals surface area contributed by atoms with Gasteiger partial charge in [-0.2, -0.15) is 0 Å². The van der Waals surface area contributed by atoms with E-state index in [-0.39, 0.29) is 17.2 Å². The summed E-state index contributed by atoms with van der Waals surface area (Å²) in [4.78, 5) is 26.9. The summed E-state index contributed by atoms with van der Waals surface area (Å²) >= 11 is 0. The zero-order valence-corrected chi connectivity index (χ0v) is 15.4. The summed E-state index contributed by atoms with van der Waals surface area (Å²) in [6.07, 6.45) is 9.59. The van der Waals surface area contributed by atoms with Crippen molar-refractivity contribution in [3.05, 3.63) is 47.7 Å². The van der Waals surface area contributed by atoms with Crippen LogP contribution in [0.4, 0.5) is 0 Å². The lowest BCUT2D eigenvalue weighted by Gasteiger charge is -2.42. The topological polar surface area (TPSA) is 49.4 Å². The highest BCUT2D eigenvalue weighted by Crippen LogP contribution is 2.48. The standard InChI is InChI=1S/C22H28N2O2/c25-20(11-10-17-5-2-1-3-6-17)23-16-22-13-4-7-19(22)24(15-18-8-9-18)21(26)12-14-22/h1-3,5-7,18H,4,8-16H2,(H,23,25). The van der Waals surface area contributed by atoms with E-state index in [1.807, 2.05) is 23.1 Å². The molecular weight excluding hydrogens is 324 g/mol. The molecule has 2 amide bonds. The number of nitrogens with one attached hydrogen (secondary N) is 1. The van der Waals surface area contributed by atoms with E-state index in [0.29, 0.717) is 25.3 Å². The number of benzene rings is 1. The number of aryl methyl sites for hydroxylation is 1. The van der Waals surface area contributed by atoms with Crippen LogP contribution >= 0.6 is 0 Å². The molecule has 0 spiro atoms. The molecule has 1 saturated carbocycles. The Balaban J connectivity index is 1.35. The fourth-order valence-corrected chi connectivity index (χ4v) is 4.38. The van der Waals surface area contributed by atoms with Crippen LogP contribution in [0.3, 0.4) is 0 Å². The van der Waals surface area contributed by atoms with Gasteiger partial charge in [0.05, 0.1) is 0 Å². The Labute approximate surface area is 155 Å². The molecule has 1 aromatic rings. The molecule has 26 heavy (non-hydrogen) atoms. The van der Waals surface area contributed by atoms with Crippen LogP contribution in [0.25, 0.3) is 0 Å². The van der Waals surface area contributed by atoms with Crippen LogP contribution in [0.2, 0.25) is 0 Å². The number of nitrogens with zero attached hydrogens (tertiary/aromatic N) is 1. The number of fused-ring (bicyclic) bond motifs is 1. The van der Waals surface area contributed by atoms with Gasteiger partial charge in [-0.05, 0) is 50.0 Å². The third-order valence-electron chi connectivity index (χ3n) is 6.16. The second-order valence-corrected chi connectivity index (χ2v) is 8.12. The third kappa shape index (κ3) is 3.69. The highest BCUT2D eigenvalue weighted by molar-refractivity contribution is 5.80. The van der Waals surface area contributed by atoms with E-state index in [4.69, 9.17) is 0 Å². The maximum Gasteiger partial charge on any atom is 0.226 e. The molecule has 2 aliphatic carbocycles. The van der Waals surface area contributed by atoms with Gasteiger partial charge in [-0.3, -0.25) is 9.59 Å². The molecule has 2 fully saturated rings. The number of allylic oxidation sites excluding steroid dienone is 1. The Morgan fingerprint density at radius 1 is 1.19 bits per heavy atom. The lowest BCUT2D eigenvalue weighted by molar-refractivity contribution is -0.133. The Hall–Kier alpha value is -2.10. The molecule has 1 unspecified atom stereocenters. The van der Waals surface area contributed by atoms with Crippen LogP contribution in [-0.4, -0.2) is 29.8 Å². The van der Waals surface area contributed by atoms with Crippen molar-refractivity contribution in [2.45, 2.75) is 51.4 Å². The number of amides is 2. The van der Waals surface area contributed by atoms with E-state index < -0.39 is 0 Å². The van der Waals surface area contributed by atoms with Crippen molar-refractivity contribution >= 4 is 11.8 Å². The number of piperidine rings is 1. The van der Waals surface area contributed by atoms with E-state index in [2.05, 4.69) is 23.5 Å². The van der Waals surface area contributed by atoms with Crippen molar-refractivity contribution in [3.8, 4) is 0 Å². The van der Waals surface area contributed by atoms with Gasteiger partial charge >= 0.3 is 0 Å². The SMILES string of the molecule is O=C(CCc1ccccc1)NCC12CCC=C1N(CC1CC1)C(=O)CC2. The Kier molecular flexibility index (Phi) is 4.84. The summed E-state index contributed by atoms with van der Waals surface area (Å²) in [5.41, 5.74) is 2.37. The summed E-state index contributed by atoms with van der Waals surface area (Å²) in [5.74, 6) is 1.08. The van der Waals surface area contributed by atoms with Crippen LogP contribution in [0.15, 0.2) is 42.1 Å². The number of likely N-dealkylation sites (tertiary alicyclic amines) is 1. The number of hydrogen-bond donors (Lipinski definition) is 1. The average Bonchev–Trinajstić information content (AvgIpc) is 3.39. The maximum absolute atomic E-state index is 12.4. The van der Waals surface area contributed by atoms with E-state index >= 15 is 0 Å². The normalized spacial score (nSPS) is 25.0. The molecule has 3 aliphatic rings. The molecule has 4 heteroatoms. The Morgan fingerprint density at radius 2 is 2.00 bits per heavy atom. The highest BCUT2D eigenvalue weighted by atomic mass is 16.2. The fourth-order valence-electron chi connectivity index (χ4n) is 4.38. The third-order valence-corrected chi connectivity index (χ3v) is 6.16. The lowest BCUT2D eigenvalue weighted by atomic mass is 9.76. The summed E-state index contributed by atoms with van der Waals surface area (Å²) < 4.78 is 0. The molecule has 1 saturated heterocycles. The first-order valence-electron chi connectivity index (χ1n) is 9.98. The minimum atomic E-state index is -0.0226. The molecule has 0 bridgehead atoms. The molecule has 138 valence electrons. The van der Waals surface area contributed by atoms with Gasteiger partial charge in [0.1, 0.15) is 0 Å². The molecule has 1 atom stereocenters. The van der Waals surface area contributed by atoms with Crippen molar-refractivity contribution in [1.82, 2.24) is 10.2 Å². The van der Waals surface area contributed by atoms with Crippen LogP contribution < -0.4 is 5.32 Å². The lowest BCUT2D eigenvalue weighted by Crippen LogP contribution is -2.48. The molecule has 1 N–H and O–H groups in total. The molecule has 1 aromatic carbocycles. The first-order chi connectivity index (χ1) is 12.7. The second-order valence-electron chi connectivity index (χ2n) is 8.12. The molecule has 1 heterocycles. The summed E-state index contributed by atoms with van der Waals surface area (Å²) in [7, 11) is 0. The van der Waals surface area contributed by atoms with Crippen molar-refractivity contribution in [3.63, 3.8) is 0 Å². The van der Waals surface area contributed by atoms with Crippen LogP contribution in [-0.2, 0) is 16.0 Å². The van der Waals surface area contributed by atoms with Crippen molar-refractivity contribution in [1.29, 1.82) is 0 Å². The van der Waals surface area contributed by atoms with E-state index in [0.717, 1.165) is 32.2 Å². The Morgan fingerprint density at radius 3 is 2.77 bits per heavy atom. The molecule has 0 radical (unpaired) electrons. The first kappa shape index (κ1) is 17.3. The number of carbonyl (C=O) groups excluding carboxylic acids is 2. The van der Waals surface area contributed by atoms with Crippen LogP contribution in [0.5, 0.6) is 0 Å². The predicted molar refractivity (Wildman–Crippen MR) is 101 cm³/mol. The molecule has 0 aromatic heterocycles. The zero-order valence-electron chi connectivity index (χ0n) is 15.4. The largest absolute Gasteiger partial charge is 0.355 e. The van der Waals surface area contributed by atoms with Gasteiger partial charge in [0.25, 0.3) is 0 Å². The summed E-state index contributed by atoms with van der Waals surface area (Å²) in [5, 5.41) is 3.17. The van der Waals surface area contributed by atoms with E-state index in [9.17, 15) is 9.59 Å². The first-order valence-corrected chi connectivity index (χ1v) is 9.98. The van der Waals surface area contributed by atoms with Crippen molar-refractivity contribution in [2.24, 2.45) is 11.3 Å². The van der Waals surface area contributed by atoms with Gasteiger partial charge in [-0.15, -0.1) is 0 Å². The van der Waals surface area contributed by atoms with E-state index in [1.165, 1.54) is 24.1 Å². The highest BCUT2D eigenvalue weighted by Gasteiger charge is 2.46. The molecule has 4 nitrogen and oxygen atoms in total. The number of rotatable bonds is 7. The predicted octanol–water partition coefficient (Wildman–Crippen LogP) is 3.43. The fraction of sp³-hybridized carbons (Fsp3) is 0.545. The number of carbonyl (C=O) groups is 2.